The van der Waals surface area contributed by atoms with E-state index in [-0.39, 0.29) is 22.9 Å². The summed E-state index contributed by atoms with van der Waals surface area (Å²) in [5, 5.41) is 12.1. The summed E-state index contributed by atoms with van der Waals surface area (Å²) in [6.07, 6.45) is 0. The molecule has 1 aliphatic rings. The van der Waals surface area contributed by atoms with Crippen LogP contribution in [0.1, 0.15) is 11.1 Å². The van der Waals surface area contributed by atoms with Gasteiger partial charge < -0.3 is 9.64 Å². The minimum atomic E-state index is -0.321. The normalized spacial score (nSPS) is 17.0. The highest BCUT2D eigenvalue weighted by Gasteiger charge is 2.29. The first-order chi connectivity index (χ1) is 13.0. The Kier molecular flexibility index (Phi) is 6.38. The number of rotatable bonds is 5. The molecule has 1 amide bonds. The molecule has 0 unspecified atom stereocenters. The van der Waals surface area contributed by atoms with Crippen molar-refractivity contribution in [3.63, 3.8) is 0 Å². The minimum Gasteiger partial charge on any atom is -0.468 e. The van der Waals surface area contributed by atoms with Gasteiger partial charge in [0.05, 0.1) is 18.6 Å². The van der Waals surface area contributed by atoms with Crippen molar-refractivity contribution in [2.24, 2.45) is 0 Å². The third-order valence-corrected chi connectivity index (χ3v) is 6.45. The van der Waals surface area contributed by atoms with Gasteiger partial charge in [0.15, 0.2) is 0 Å². The number of benzene rings is 1. The second kappa shape index (κ2) is 8.75. The third-order valence-electron chi connectivity index (χ3n) is 4.38. The number of hydrogen-bond donors (Lipinski definition) is 0. The summed E-state index contributed by atoms with van der Waals surface area (Å²) in [6, 6.07) is 5.98. The van der Waals surface area contributed by atoms with E-state index >= 15 is 0 Å². The molecule has 1 aromatic heterocycles. The third kappa shape index (κ3) is 4.62. The van der Waals surface area contributed by atoms with E-state index in [2.05, 4.69) is 15.5 Å². The van der Waals surface area contributed by atoms with Crippen LogP contribution in [-0.2, 0) is 14.3 Å². The molecule has 1 saturated heterocycles. The Hall–Kier alpha value is -2.07. The van der Waals surface area contributed by atoms with Crippen molar-refractivity contribution in [2.45, 2.75) is 24.3 Å². The van der Waals surface area contributed by atoms with Crippen LogP contribution in [0.15, 0.2) is 23.4 Å². The molecule has 8 nitrogen and oxygen atoms in total. The predicted octanol–water partition coefficient (Wildman–Crippen LogP) is 1.49. The Labute approximate surface area is 166 Å². The van der Waals surface area contributed by atoms with Gasteiger partial charge >= 0.3 is 5.97 Å². The molecule has 3 rings (SSSR count). The van der Waals surface area contributed by atoms with E-state index in [1.807, 2.05) is 32.0 Å². The van der Waals surface area contributed by atoms with Gasteiger partial charge in [0.1, 0.15) is 5.25 Å². The van der Waals surface area contributed by atoms with Crippen LogP contribution in [0.25, 0.3) is 5.69 Å². The monoisotopic (exact) mass is 407 g/mol. The molecular formula is C17H21N5O3S2. The van der Waals surface area contributed by atoms with Crippen LogP contribution in [0.2, 0.25) is 0 Å². The number of carbonyl (C=O) groups excluding carboxylic acids is 2. The molecule has 1 aromatic carbocycles. The van der Waals surface area contributed by atoms with Crippen molar-refractivity contribution in [2.75, 3.05) is 31.7 Å². The second-order valence-electron chi connectivity index (χ2n) is 6.15. The Bertz CT molecular complexity index is 842. The molecule has 0 radical (unpaired) electrons. The highest BCUT2D eigenvalue weighted by atomic mass is 32.2. The first-order valence-corrected chi connectivity index (χ1v) is 10.5. The van der Waals surface area contributed by atoms with Gasteiger partial charge in [-0.1, -0.05) is 17.8 Å². The number of carbonyl (C=O) groups is 2. The maximum absolute atomic E-state index is 12.6. The number of esters is 1. The fourth-order valence-electron chi connectivity index (χ4n) is 2.66. The summed E-state index contributed by atoms with van der Waals surface area (Å²) in [4.78, 5) is 26.0. The number of amides is 1. The quantitative estimate of drug-likeness (QED) is 0.544. The van der Waals surface area contributed by atoms with Crippen molar-refractivity contribution >= 4 is 35.4 Å². The summed E-state index contributed by atoms with van der Waals surface area (Å²) in [5.74, 6) is 0.605. The van der Waals surface area contributed by atoms with Gasteiger partial charge in [0, 0.05) is 18.8 Å². The van der Waals surface area contributed by atoms with Crippen LogP contribution in [0.3, 0.4) is 0 Å². The molecule has 1 atom stereocenters. The summed E-state index contributed by atoms with van der Waals surface area (Å²) < 4.78 is 6.42. The number of aryl methyl sites for hydroxylation is 2. The maximum atomic E-state index is 12.6. The molecule has 2 aromatic rings. The van der Waals surface area contributed by atoms with E-state index in [0.29, 0.717) is 18.2 Å². The molecule has 144 valence electrons. The average Bonchev–Trinajstić information content (AvgIpc) is 3.16. The Morgan fingerprint density at radius 1 is 1.33 bits per heavy atom. The topological polar surface area (TPSA) is 90.2 Å². The number of methoxy groups -OCH3 is 1. The number of ether oxygens (including phenoxy) is 1. The Morgan fingerprint density at radius 2 is 2.15 bits per heavy atom. The van der Waals surface area contributed by atoms with E-state index in [0.717, 1.165) is 17.0 Å². The molecule has 0 bridgehead atoms. The summed E-state index contributed by atoms with van der Waals surface area (Å²) in [6.45, 7) is 5.08. The van der Waals surface area contributed by atoms with Crippen LogP contribution >= 0.6 is 23.5 Å². The van der Waals surface area contributed by atoms with Crippen LogP contribution in [-0.4, -0.2) is 73.9 Å². The van der Waals surface area contributed by atoms with Crippen LogP contribution in [0, 0.1) is 13.8 Å². The van der Waals surface area contributed by atoms with E-state index in [1.54, 1.807) is 9.58 Å². The van der Waals surface area contributed by atoms with E-state index in [4.69, 9.17) is 4.74 Å². The summed E-state index contributed by atoms with van der Waals surface area (Å²) >= 11 is 2.81. The summed E-state index contributed by atoms with van der Waals surface area (Å²) in [7, 11) is 1.37. The van der Waals surface area contributed by atoms with Gasteiger partial charge in [-0.15, -0.1) is 16.9 Å². The highest BCUT2D eigenvalue weighted by Crippen LogP contribution is 2.23. The number of tetrazole rings is 1. The molecule has 0 N–H and O–H groups in total. The highest BCUT2D eigenvalue weighted by molar-refractivity contribution is 8.00. The van der Waals surface area contributed by atoms with Crippen LogP contribution in [0.4, 0.5) is 0 Å². The lowest BCUT2D eigenvalue weighted by atomic mass is 10.1. The Morgan fingerprint density at radius 3 is 2.89 bits per heavy atom. The average molecular weight is 408 g/mol. The largest absolute Gasteiger partial charge is 0.468 e. The molecule has 27 heavy (non-hydrogen) atoms. The van der Waals surface area contributed by atoms with Crippen molar-refractivity contribution in [1.29, 1.82) is 0 Å². The molecule has 0 saturated carbocycles. The lowest BCUT2D eigenvalue weighted by Crippen LogP contribution is -2.45. The van der Waals surface area contributed by atoms with E-state index < -0.39 is 0 Å². The van der Waals surface area contributed by atoms with Crippen molar-refractivity contribution < 1.29 is 14.3 Å². The summed E-state index contributed by atoms with van der Waals surface area (Å²) in [5.41, 5.74) is 3.20. The molecule has 10 heteroatoms. The zero-order valence-corrected chi connectivity index (χ0v) is 17.0. The lowest BCUT2D eigenvalue weighted by Gasteiger charge is -2.30. The van der Waals surface area contributed by atoms with Gasteiger partial charge in [-0.3, -0.25) is 9.59 Å². The van der Waals surface area contributed by atoms with Gasteiger partial charge in [0.25, 0.3) is 0 Å². The van der Waals surface area contributed by atoms with Crippen LogP contribution < -0.4 is 0 Å². The predicted molar refractivity (Wildman–Crippen MR) is 104 cm³/mol. The Balaban J connectivity index is 1.64. The number of aromatic nitrogens is 4. The molecule has 0 aliphatic carbocycles. The van der Waals surface area contributed by atoms with E-state index in [1.165, 1.54) is 36.2 Å². The number of thioether (sulfide) groups is 2. The van der Waals surface area contributed by atoms with Gasteiger partial charge in [-0.05, 0) is 47.5 Å². The first-order valence-electron chi connectivity index (χ1n) is 8.45. The molecule has 0 spiro atoms. The minimum absolute atomic E-state index is 0.0381. The SMILES string of the molecule is COC(=O)[C@@H]1CN(C(=O)CSc2nnnn2-c2ccc(C)c(C)c2)CCS1. The first kappa shape index (κ1) is 19.7. The fourth-order valence-corrected chi connectivity index (χ4v) is 4.58. The van der Waals surface area contributed by atoms with Crippen molar-refractivity contribution in [1.82, 2.24) is 25.1 Å². The smallest absolute Gasteiger partial charge is 0.320 e. The van der Waals surface area contributed by atoms with Crippen molar-refractivity contribution in [3.05, 3.63) is 29.3 Å². The number of nitrogens with zero attached hydrogens (tertiary/aromatic N) is 5. The van der Waals surface area contributed by atoms with E-state index in [9.17, 15) is 9.59 Å². The van der Waals surface area contributed by atoms with Gasteiger partial charge in [-0.25, -0.2) is 0 Å². The molecular weight excluding hydrogens is 386 g/mol. The lowest BCUT2D eigenvalue weighted by molar-refractivity contribution is -0.141. The van der Waals surface area contributed by atoms with Crippen LogP contribution in [0.5, 0.6) is 0 Å². The number of hydrogen-bond acceptors (Lipinski definition) is 8. The zero-order chi connectivity index (χ0) is 19.4. The zero-order valence-electron chi connectivity index (χ0n) is 15.4. The molecule has 2 heterocycles. The molecule has 1 fully saturated rings. The van der Waals surface area contributed by atoms with Gasteiger partial charge in [-0.2, -0.15) is 4.68 Å². The standard InChI is InChI=1S/C17H21N5O3S2/c1-11-4-5-13(8-12(11)2)22-17(18-19-20-22)27-10-15(23)21-6-7-26-14(9-21)16(24)25-3/h4-5,8,14H,6-7,9-10H2,1-3H3/t14-/m0/s1. The van der Waals surface area contributed by atoms with Crippen molar-refractivity contribution in [3.8, 4) is 5.69 Å². The maximum Gasteiger partial charge on any atom is 0.320 e. The van der Waals surface area contributed by atoms with Gasteiger partial charge in [0.2, 0.25) is 11.1 Å². The molecule has 1 aliphatic heterocycles. The second-order valence-corrected chi connectivity index (χ2v) is 8.41. The fraction of sp³-hybridized carbons (Fsp3) is 0.471.